The molecule has 2 rings (SSSR count). The van der Waals surface area contributed by atoms with Gasteiger partial charge in [-0.2, -0.15) is 0 Å². The van der Waals surface area contributed by atoms with Crippen molar-refractivity contribution in [3.8, 4) is 11.5 Å². The van der Waals surface area contributed by atoms with Gasteiger partial charge in [-0.05, 0) is 31.5 Å². The first-order valence-electron chi connectivity index (χ1n) is 6.78. The van der Waals surface area contributed by atoms with Crippen LogP contribution in [0, 0.1) is 6.92 Å². The smallest absolute Gasteiger partial charge is 0.264 e. The number of hydrogen-bond acceptors (Lipinski definition) is 5. The van der Waals surface area contributed by atoms with Gasteiger partial charge in [0.05, 0.1) is 12.8 Å². The second-order valence-corrected chi connectivity index (χ2v) is 5.40. The summed E-state index contributed by atoms with van der Waals surface area (Å²) in [6.45, 7) is 3.72. The zero-order valence-corrected chi connectivity index (χ0v) is 13.6. The van der Waals surface area contributed by atoms with Gasteiger partial charge >= 0.3 is 0 Å². The monoisotopic (exact) mass is 318 g/mol. The van der Waals surface area contributed by atoms with E-state index in [0.29, 0.717) is 16.6 Å². The molecule has 5 nitrogen and oxygen atoms in total. The van der Waals surface area contributed by atoms with Crippen LogP contribution in [0.2, 0.25) is 0 Å². The number of anilines is 1. The average Bonchev–Trinajstić information content (AvgIpc) is 2.91. The second-order valence-electron chi connectivity index (χ2n) is 4.54. The van der Waals surface area contributed by atoms with Crippen molar-refractivity contribution in [2.45, 2.75) is 13.8 Å². The van der Waals surface area contributed by atoms with Crippen LogP contribution in [0.5, 0.6) is 11.5 Å². The Hall–Kier alpha value is -2.34. The molecule has 0 aliphatic rings. The van der Waals surface area contributed by atoms with Crippen LogP contribution in [-0.2, 0) is 4.79 Å². The molecule has 0 aliphatic carbocycles. The van der Waals surface area contributed by atoms with E-state index in [1.54, 1.807) is 13.2 Å². The molecule has 1 N–H and O–H groups in total. The first-order valence-corrected chi connectivity index (χ1v) is 7.66. The lowest BCUT2D eigenvalue weighted by Gasteiger charge is -2.11. The number of ether oxygens (including phenoxy) is 2. The minimum atomic E-state index is -0.256. The van der Waals surface area contributed by atoms with E-state index in [2.05, 4.69) is 10.3 Å². The van der Waals surface area contributed by atoms with Crippen molar-refractivity contribution >= 4 is 28.5 Å². The molecule has 2 aromatic rings. The van der Waals surface area contributed by atoms with E-state index in [1.807, 2.05) is 43.5 Å². The van der Waals surface area contributed by atoms with E-state index >= 15 is 0 Å². The van der Waals surface area contributed by atoms with Crippen molar-refractivity contribution in [3.63, 3.8) is 0 Å². The van der Waals surface area contributed by atoms with Crippen LogP contribution in [0.4, 0.5) is 5.13 Å². The molecule has 0 aliphatic heterocycles. The summed E-state index contributed by atoms with van der Waals surface area (Å²) in [5.74, 6) is 0.864. The summed E-state index contributed by atoms with van der Waals surface area (Å²) >= 11 is 1.38. The molecule has 0 fully saturated rings. The summed E-state index contributed by atoms with van der Waals surface area (Å²) in [5, 5.41) is 5.14. The predicted molar refractivity (Wildman–Crippen MR) is 88.7 cm³/mol. The molecule has 22 heavy (non-hydrogen) atoms. The molecule has 6 heteroatoms. The van der Waals surface area contributed by atoms with Crippen molar-refractivity contribution in [2.24, 2.45) is 0 Å². The van der Waals surface area contributed by atoms with Crippen LogP contribution in [0.25, 0.3) is 6.08 Å². The summed E-state index contributed by atoms with van der Waals surface area (Å²) in [7, 11) is 1.57. The molecule has 0 bridgehead atoms. The van der Waals surface area contributed by atoms with Gasteiger partial charge in [0.2, 0.25) is 0 Å². The van der Waals surface area contributed by atoms with Gasteiger partial charge in [0.15, 0.2) is 23.2 Å². The maximum Gasteiger partial charge on any atom is 0.264 e. The van der Waals surface area contributed by atoms with E-state index in [1.165, 1.54) is 11.3 Å². The number of carbonyl (C=O) groups is 1. The van der Waals surface area contributed by atoms with E-state index in [9.17, 15) is 4.79 Å². The van der Waals surface area contributed by atoms with Crippen LogP contribution in [0.15, 0.2) is 29.7 Å². The number of hydrogen-bond donors (Lipinski definition) is 1. The molecule has 0 atom stereocenters. The summed E-state index contributed by atoms with van der Waals surface area (Å²) in [6.07, 6.45) is 3.91. The molecule has 1 aromatic heterocycles. The summed E-state index contributed by atoms with van der Waals surface area (Å²) in [5.41, 5.74) is 1.89. The number of carbonyl (C=O) groups excluding carboxylic acids is 1. The van der Waals surface area contributed by atoms with Crippen molar-refractivity contribution < 1.29 is 14.3 Å². The van der Waals surface area contributed by atoms with Gasteiger partial charge in [0.25, 0.3) is 5.91 Å². The molecular formula is C16H18N2O3S. The molecule has 0 spiro atoms. The number of nitrogens with zero attached hydrogens (tertiary/aromatic N) is 1. The fourth-order valence-electron chi connectivity index (χ4n) is 1.81. The summed E-state index contributed by atoms with van der Waals surface area (Å²) in [4.78, 5) is 16.0. The second kappa shape index (κ2) is 7.61. The normalized spacial score (nSPS) is 10.7. The highest BCUT2D eigenvalue weighted by molar-refractivity contribution is 7.13. The van der Waals surface area contributed by atoms with Crippen LogP contribution < -0.4 is 14.8 Å². The number of benzene rings is 1. The van der Waals surface area contributed by atoms with Crippen molar-refractivity contribution in [1.82, 2.24) is 4.98 Å². The van der Waals surface area contributed by atoms with Crippen LogP contribution in [0.1, 0.15) is 18.2 Å². The van der Waals surface area contributed by atoms with Gasteiger partial charge in [0, 0.05) is 5.38 Å². The van der Waals surface area contributed by atoms with Gasteiger partial charge in [-0.25, -0.2) is 4.98 Å². The fourth-order valence-corrected chi connectivity index (χ4v) is 2.51. The number of rotatable bonds is 6. The lowest BCUT2D eigenvalue weighted by Crippen LogP contribution is -2.20. The summed E-state index contributed by atoms with van der Waals surface area (Å²) < 4.78 is 10.8. The Balaban J connectivity index is 1.97. The average molecular weight is 318 g/mol. The largest absolute Gasteiger partial charge is 0.493 e. The number of aryl methyl sites for hydroxylation is 1. The van der Waals surface area contributed by atoms with Crippen LogP contribution >= 0.6 is 11.3 Å². The lowest BCUT2D eigenvalue weighted by atomic mass is 10.2. The third-order valence-electron chi connectivity index (χ3n) is 2.77. The Kier molecular flexibility index (Phi) is 5.55. The Bertz CT molecular complexity index is 680. The van der Waals surface area contributed by atoms with Gasteiger partial charge < -0.3 is 9.47 Å². The lowest BCUT2D eigenvalue weighted by molar-refractivity contribution is -0.118. The van der Waals surface area contributed by atoms with Crippen LogP contribution in [0.3, 0.4) is 0 Å². The molecule has 0 saturated carbocycles. The van der Waals surface area contributed by atoms with Crippen LogP contribution in [-0.4, -0.2) is 24.6 Å². The number of thiazole rings is 1. The maximum absolute atomic E-state index is 11.8. The molecule has 116 valence electrons. The third kappa shape index (κ3) is 4.33. The molecule has 0 saturated heterocycles. The van der Waals surface area contributed by atoms with E-state index in [0.717, 1.165) is 11.3 Å². The molecule has 0 unspecified atom stereocenters. The quantitative estimate of drug-likeness (QED) is 0.885. The SMILES string of the molecule is C/C=C/c1ccc(OCC(=O)Nc2nc(C)cs2)c(OC)c1. The minimum absolute atomic E-state index is 0.0993. The summed E-state index contributed by atoms with van der Waals surface area (Å²) in [6, 6.07) is 5.55. The standard InChI is InChI=1S/C16H18N2O3S/c1-4-5-12-6-7-13(14(8-12)20-3)21-9-15(19)18-16-17-11(2)10-22-16/h4-8,10H,9H2,1-3H3,(H,17,18,19)/b5-4+. The highest BCUT2D eigenvalue weighted by atomic mass is 32.1. The van der Waals surface area contributed by atoms with E-state index in [4.69, 9.17) is 9.47 Å². The zero-order valence-electron chi connectivity index (χ0n) is 12.8. The number of allylic oxidation sites excluding steroid dienone is 1. The third-order valence-corrected chi connectivity index (χ3v) is 3.65. The van der Waals surface area contributed by atoms with E-state index in [-0.39, 0.29) is 12.5 Å². The topological polar surface area (TPSA) is 60.5 Å². The molecule has 1 amide bonds. The Morgan fingerprint density at radius 1 is 1.41 bits per heavy atom. The fraction of sp³-hybridized carbons (Fsp3) is 0.250. The number of amides is 1. The first-order chi connectivity index (χ1) is 10.6. The Labute approximate surface area is 133 Å². The molecule has 0 radical (unpaired) electrons. The Morgan fingerprint density at radius 3 is 2.86 bits per heavy atom. The molecular weight excluding hydrogens is 300 g/mol. The number of methoxy groups -OCH3 is 1. The minimum Gasteiger partial charge on any atom is -0.493 e. The van der Waals surface area contributed by atoms with Crippen molar-refractivity contribution in [1.29, 1.82) is 0 Å². The predicted octanol–water partition coefficient (Wildman–Crippen LogP) is 3.51. The van der Waals surface area contributed by atoms with Gasteiger partial charge in [-0.3, -0.25) is 10.1 Å². The molecule has 1 heterocycles. The van der Waals surface area contributed by atoms with E-state index < -0.39 is 0 Å². The highest BCUT2D eigenvalue weighted by Gasteiger charge is 2.09. The van der Waals surface area contributed by atoms with Gasteiger partial charge in [-0.1, -0.05) is 18.2 Å². The van der Waals surface area contributed by atoms with Gasteiger partial charge in [0.1, 0.15) is 0 Å². The van der Waals surface area contributed by atoms with Crippen molar-refractivity contribution in [2.75, 3.05) is 19.0 Å². The molecule has 1 aromatic carbocycles. The zero-order chi connectivity index (χ0) is 15.9. The highest BCUT2D eigenvalue weighted by Crippen LogP contribution is 2.28. The Morgan fingerprint density at radius 2 is 2.23 bits per heavy atom. The maximum atomic E-state index is 11.8. The number of aromatic nitrogens is 1. The van der Waals surface area contributed by atoms with Gasteiger partial charge in [-0.15, -0.1) is 11.3 Å². The van der Waals surface area contributed by atoms with Crippen molar-refractivity contribution in [3.05, 3.63) is 40.9 Å². The number of nitrogens with one attached hydrogen (secondary N) is 1. The first kappa shape index (κ1) is 16.0.